The van der Waals surface area contributed by atoms with Crippen molar-refractivity contribution in [3.8, 4) is 11.1 Å². The summed E-state index contributed by atoms with van der Waals surface area (Å²) in [5.74, 6) is -0.363. The van der Waals surface area contributed by atoms with E-state index in [1.165, 1.54) is 0 Å². The quantitative estimate of drug-likeness (QED) is 0.632. The summed E-state index contributed by atoms with van der Waals surface area (Å²) in [5.41, 5.74) is 2.36. The van der Waals surface area contributed by atoms with Gasteiger partial charge in [0.25, 0.3) is 11.8 Å². The van der Waals surface area contributed by atoms with Crippen molar-refractivity contribution < 1.29 is 14.3 Å². The third-order valence-electron chi connectivity index (χ3n) is 5.65. The molecule has 0 bridgehead atoms. The molecule has 0 saturated carbocycles. The average molecular weight is 445 g/mol. The van der Waals surface area contributed by atoms with E-state index in [1.54, 1.807) is 35.6 Å². The molecular weight excluding hydrogens is 416 g/mol. The van der Waals surface area contributed by atoms with Crippen molar-refractivity contribution in [1.29, 1.82) is 0 Å². The summed E-state index contributed by atoms with van der Waals surface area (Å²) >= 11 is 0. The summed E-state index contributed by atoms with van der Waals surface area (Å²) in [6.45, 7) is 4.70. The predicted molar refractivity (Wildman–Crippen MR) is 125 cm³/mol. The first kappa shape index (κ1) is 22.6. The lowest BCUT2D eigenvalue weighted by molar-refractivity contribution is -0.157. The molecule has 1 saturated heterocycles. The van der Waals surface area contributed by atoms with Gasteiger partial charge in [-0.05, 0) is 48.7 Å². The Bertz CT molecular complexity index is 1090. The summed E-state index contributed by atoms with van der Waals surface area (Å²) in [7, 11) is 0. The first-order valence-corrected chi connectivity index (χ1v) is 11.1. The fourth-order valence-electron chi connectivity index (χ4n) is 4.03. The van der Waals surface area contributed by atoms with Crippen LogP contribution >= 0.6 is 0 Å². The zero-order valence-electron chi connectivity index (χ0n) is 18.9. The van der Waals surface area contributed by atoms with Crippen molar-refractivity contribution in [1.82, 2.24) is 20.2 Å². The van der Waals surface area contributed by atoms with Crippen LogP contribution in [0.25, 0.3) is 11.1 Å². The number of pyridine rings is 2. The Morgan fingerprint density at radius 3 is 2.39 bits per heavy atom. The molecule has 1 aromatic carbocycles. The molecule has 1 unspecified atom stereocenters. The van der Waals surface area contributed by atoms with E-state index in [0.717, 1.165) is 16.7 Å². The standard InChI is InChI=1S/C26H28N4O3/c1-19(2)29-25(32)26(15-20-7-9-21(10-8-20)22-5-3-11-27-16-22)18-30(13-14-33-26)24(31)23-6-4-12-28-17-23/h3-12,16-17,19H,13-15,18H2,1-2H3,(H,29,32). The van der Waals surface area contributed by atoms with Gasteiger partial charge in [0, 0.05) is 43.8 Å². The second kappa shape index (κ2) is 9.92. The summed E-state index contributed by atoms with van der Waals surface area (Å²) in [6, 6.07) is 15.4. The third-order valence-corrected chi connectivity index (χ3v) is 5.65. The molecule has 170 valence electrons. The molecule has 1 atom stereocenters. The van der Waals surface area contributed by atoms with Crippen LogP contribution in [0.2, 0.25) is 0 Å². The SMILES string of the molecule is CC(C)NC(=O)C1(Cc2ccc(-c3cccnc3)cc2)CN(C(=O)c2cccnc2)CCO1. The number of ether oxygens (including phenoxy) is 1. The minimum absolute atomic E-state index is 0.0460. The highest BCUT2D eigenvalue weighted by Gasteiger charge is 2.45. The molecule has 0 aliphatic carbocycles. The maximum atomic E-state index is 13.3. The molecule has 0 spiro atoms. The van der Waals surface area contributed by atoms with Gasteiger partial charge in [0.05, 0.1) is 18.7 Å². The van der Waals surface area contributed by atoms with Crippen LogP contribution in [-0.4, -0.2) is 58.0 Å². The Morgan fingerprint density at radius 2 is 1.76 bits per heavy atom. The predicted octanol–water partition coefficient (Wildman–Crippen LogP) is 3.12. The maximum absolute atomic E-state index is 13.3. The monoisotopic (exact) mass is 444 g/mol. The van der Waals surface area contributed by atoms with Gasteiger partial charge in [-0.15, -0.1) is 0 Å². The molecule has 3 aromatic rings. The number of nitrogens with zero attached hydrogens (tertiary/aromatic N) is 3. The van der Waals surface area contributed by atoms with Gasteiger partial charge in [0.1, 0.15) is 0 Å². The Labute approximate surface area is 193 Å². The lowest BCUT2D eigenvalue weighted by Gasteiger charge is -2.42. The van der Waals surface area contributed by atoms with Crippen molar-refractivity contribution in [3.63, 3.8) is 0 Å². The van der Waals surface area contributed by atoms with Gasteiger partial charge in [-0.3, -0.25) is 19.6 Å². The highest BCUT2D eigenvalue weighted by molar-refractivity contribution is 5.95. The van der Waals surface area contributed by atoms with Crippen LogP contribution in [0, 0.1) is 0 Å². The number of carbonyl (C=O) groups excluding carboxylic acids is 2. The van der Waals surface area contributed by atoms with Crippen molar-refractivity contribution in [2.24, 2.45) is 0 Å². The van der Waals surface area contributed by atoms with E-state index < -0.39 is 5.60 Å². The van der Waals surface area contributed by atoms with Crippen molar-refractivity contribution in [2.75, 3.05) is 19.7 Å². The van der Waals surface area contributed by atoms with E-state index in [2.05, 4.69) is 15.3 Å². The molecule has 1 fully saturated rings. The molecule has 33 heavy (non-hydrogen) atoms. The molecule has 7 nitrogen and oxygen atoms in total. The maximum Gasteiger partial charge on any atom is 0.255 e. The summed E-state index contributed by atoms with van der Waals surface area (Å²) in [6.07, 6.45) is 7.10. The molecule has 2 aromatic heterocycles. The lowest BCUT2D eigenvalue weighted by atomic mass is 9.90. The van der Waals surface area contributed by atoms with Gasteiger partial charge in [-0.2, -0.15) is 0 Å². The number of carbonyl (C=O) groups is 2. The van der Waals surface area contributed by atoms with Gasteiger partial charge in [-0.25, -0.2) is 0 Å². The highest BCUT2D eigenvalue weighted by Crippen LogP contribution is 2.27. The van der Waals surface area contributed by atoms with Gasteiger partial charge < -0.3 is 15.0 Å². The molecule has 7 heteroatoms. The van der Waals surface area contributed by atoms with E-state index in [4.69, 9.17) is 4.74 Å². The van der Waals surface area contributed by atoms with Crippen LogP contribution in [0.5, 0.6) is 0 Å². The number of aromatic nitrogens is 2. The van der Waals surface area contributed by atoms with Gasteiger partial charge in [0.2, 0.25) is 0 Å². The molecule has 1 aliphatic heterocycles. The molecule has 3 heterocycles. The van der Waals surface area contributed by atoms with E-state index in [0.29, 0.717) is 18.5 Å². The molecule has 1 N–H and O–H groups in total. The minimum Gasteiger partial charge on any atom is -0.361 e. The van der Waals surface area contributed by atoms with Gasteiger partial charge in [0.15, 0.2) is 5.60 Å². The number of morpholine rings is 1. The first-order chi connectivity index (χ1) is 16.0. The number of hydrogen-bond acceptors (Lipinski definition) is 5. The Kier molecular flexibility index (Phi) is 6.79. The van der Waals surface area contributed by atoms with Crippen molar-refractivity contribution >= 4 is 11.8 Å². The van der Waals surface area contributed by atoms with Crippen molar-refractivity contribution in [3.05, 3.63) is 84.4 Å². The number of amides is 2. The molecule has 4 rings (SSSR count). The van der Waals surface area contributed by atoms with Crippen LogP contribution in [-0.2, 0) is 16.0 Å². The van der Waals surface area contributed by atoms with Crippen LogP contribution in [0.1, 0.15) is 29.8 Å². The fourth-order valence-corrected chi connectivity index (χ4v) is 4.03. The second-order valence-corrected chi connectivity index (χ2v) is 8.55. The smallest absolute Gasteiger partial charge is 0.255 e. The zero-order chi connectivity index (χ0) is 23.3. The molecule has 1 aliphatic rings. The number of nitrogens with one attached hydrogen (secondary N) is 1. The summed E-state index contributed by atoms with van der Waals surface area (Å²) in [4.78, 5) is 36.3. The first-order valence-electron chi connectivity index (χ1n) is 11.1. The van der Waals surface area contributed by atoms with Crippen LogP contribution in [0.4, 0.5) is 0 Å². The second-order valence-electron chi connectivity index (χ2n) is 8.55. The van der Waals surface area contributed by atoms with E-state index in [-0.39, 0.29) is 31.0 Å². The Morgan fingerprint density at radius 1 is 1.03 bits per heavy atom. The number of rotatable bonds is 6. The normalized spacial score (nSPS) is 18.2. The Balaban J connectivity index is 1.59. The van der Waals surface area contributed by atoms with Crippen molar-refractivity contribution in [2.45, 2.75) is 31.9 Å². The molecular formula is C26H28N4O3. The Hall–Kier alpha value is -3.58. The van der Waals surface area contributed by atoms with E-state index in [9.17, 15) is 9.59 Å². The topological polar surface area (TPSA) is 84.4 Å². The molecule has 2 amide bonds. The minimum atomic E-state index is -1.17. The van der Waals surface area contributed by atoms with Gasteiger partial charge in [-0.1, -0.05) is 30.3 Å². The molecule has 0 radical (unpaired) electrons. The zero-order valence-corrected chi connectivity index (χ0v) is 18.9. The number of benzene rings is 1. The third kappa shape index (κ3) is 5.26. The average Bonchev–Trinajstić information content (AvgIpc) is 2.85. The van der Waals surface area contributed by atoms with Crippen LogP contribution in [0.3, 0.4) is 0 Å². The van der Waals surface area contributed by atoms with E-state index >= 15 is 0 Å². The lowest BCUT2D eigenvalue weighted by Crippen LogP contribution is -2.62. The van der Waals surface area contributed by atoms with E-state index in [1.807, 2.05) is 56.4 Å². The number of hydrogen-bond donors (Lipinski definition) is 1. The van der Waals surface area contributed by atoms with Crippen LogP contribution < -0.4 is 5.32 Å². The highest BCUT2D eigenvalue weighted by atomic mass is 16.5. The largest absolute Gasteiger partial charge is 0.361 e. The fraction of sp³-hybridized carbons (Fsp3) is 0.308. The summed E-state index contributed by atoms with van der Waals surface area (Å²) in [5, 5.41) is 2.99. The van der Waals surface area contributed by atoms with Crippen LogP contribution in [0.15, 0.2) is 73.3 Å². The summed E-state index contributed by atoms with van der Waals surface area (Å²) < 4.78 is 6.13. The van der Waals surface area contributed by atoms with Gasteiger partial charge >= 0.3 is 0 Å².